The van der Waals surface area contributed by atoms with Gasteiger partial charge < -0.3 is 10.6 Å². The molecule has 0 saturated heterocycles. The van der Waals surface area contributed by atoms with Crippen LogP contribution in [0.2, 0.25) is 0 Å². The Hall–Kier alpha value is -2.02. The van der Waals surface area contributed by atoms with Crippen molar-refractivity contribution < 1.29 is 13.9 Å². The number of nitrogens with two attached hydrogens (primary N) is 1. The van der Waals surface area contributed by atoms with Gasteiger partial charge in [0.2, 0.25) is 5.91 Å². The van der Waals surface area contributed by atoms with E-state index in [9.17, 15) is 13.9 Å². The van der Waals surface area contributed by atoms with Crippen molar-refractivity contribution in [3.8, 4) is 0 Å². The van der Waals surface area contributed by atoms with Gasteiger partial charge in [-0.1, -0.05) is 24.3 Å². The number of primary amides is 1. The van der Waals surface area contributed by atoms with E-state index in [1.807, 2.05) is 30.3 Å². The van der Waals surface area contributed by atoms with Crippen LogP contribution in [-0.4, -0.2) is 27.3 Å². The number of para-hydroxylation sites is 1. The van der Waals surface area contributed by atoms with Crippen LogP contribution >= 0.6 is 10.6 Å². The van der Waals surface area contributed by atoms with E-state index < -0.39 is 16.5 Å². The molecule has 4 N–H and O–H groups in total. The van der Waals surface area contributed by atoms with Gasteiger partial charge in [-0.15, -0.1) is 0 Å². The highest BCUT2D eigenvalue weighted by molar-refractivity contribution is 8.24. The molecule has 6 heteroatoms. The van der Waals surface area contributed by atoms with E-state index in [1.165, 1.54) is 0 Å². The van der Waals surface area contributed by atoms with E-state index in [2.05, 4.69) is 4.90 Å². The Balaban J connectivity index is 1.86. The molecular weight excluding hydrogens is 300 g/mol. The third-order valence-electron chi connectivity index (χ3n) is 3.82. The standard InChI is InChI=1S/C16H18N2O3S/c17-16(19)13-7-5-12(6-8-13)11-18-9-10-22(20,21)15-4-2-1-3-14(15)18/h1-8,20-21H,9-11H2,(H2,17,19). The molecule has 0 atom stereocenters. The number of benzene rings is 2. The minimum absolute atomic E-state index is 0.337. The van der Waals surface area contributed by atoms with Crippen molar-refractivity contribution in [2.24, 2.45) is 5.73 Å². The molecule has 1 amide bonds. The van der Waals surface area contributed by atoms with Gasteiger partial charge in [-0.25, -0.2) is 0 Å². The van der Waals surface area contributed by atoms with Gasteiger partial charge in [0.15, 0.2) is 0 Å². The van der Waals surface area contributed by atoms with E-state index in [0.717, 1.165) is 11.3 Å². The molecule has 0 aliphatic carbocycles. The SMILES string of the molecule is NC(=O)c1ccc(CN2CCS(O)(O)c3ccccc32)cc1. The van der Waals surface area contributed by atoms with Crippen LogP contribution in [0.4, 0.5) is 5.69 Å². The molecule has 0 saturated carbocycles. The summed E-state index contributed by atoms with van der Waals surface area (Å²) in [4.78, 5) is 13.8. The van der Waals surface area contributed by atoms with Crippen LogP contribution in [0.25, 0.3) is 0 Å². The second-order valence-corrected chi connectivity index (χ2v) is 7.50. The molecule has 2 aromatic rings. The Morgan fingerprint density at radius 3 is 2.50 bits per heavy atom. The average Bonchev–Trinajstić information content (AvgIpc) is 2.51. The molecule has 3 rings (SSSR count). The fourth-order valence-corrected chi connectivity index (χ4v) is 4.15. The van der Waals surface area contributed by atoms with Crippen LogP contribution in [0, 0.1) is 0 Å². The zero-order chi connectivity index (χ0) is 15.7. The number of hydrogen-bond acceptors (Lipinski definition) is 4. The summed E-state index contributed by atoms with van der Waals surface area (Å²) in [6.07, 6.45) is 0. The molecule has 1 aliphatic rings. The van der Waals surface area contributed by atoms with Crippen LogP contribution in [-0.2, 0) is 6.54 Å². The third kappa shape index (κ3) is 2.81. The smallest absolute Gasteiger partial charge is 0.248 e. The summed E-state index contributed by atoms with van der Waals surface area (Å²) in [7, 11) is -2.69. The maximum absolute atomic E-state index is 11.1. The van der Waals surface area contributed by atoms with Crippen LogP contribution < -0.4 is 10.6 Å². The van der Waals surface area contributed by atoms with Gasteiger partial charge in [-0.2, -0.15) is 10.6 Å². The highest BCUT2D eigenvalue weighted by atomic mass is 32.3. The average molecular weight is 318 g/mol. The van der Waals surface area contributed by atoms with E-state index in [4.69, 9.17) is 5.73 Å². The van der Waals surface area contributed by atoms with Gasteiger partial charge in [0.1, 0.15) is 0 Å². The fraction of sp³-hybridized carbons (Fsp3) is 0.188. The monoisotopic (exact) mass is 318 g/mol. The van der Waals surface area contributed by atoms with E-state index in [-0.39, 0.29) is 0 Å². The molecule has 0 bridgehead atoms. The van der Waals surface area contributed by atoms with Crippen molar-refractivity contribution in [2.45, 2.75) is 11.4 Å². The summed E-state index contributed by atoms with van der Waals surface area (Å²) in [5, 5.41) is 0. The summed E-state index contributed by atoms with van der Waals surface area (Å²) in [6, 6.07) is 14.5. The lowest BCUT2D eigenvalue weighted by Crippen LogP contribution is -2.33. The first-order valence-electron chi connectivity index (χ1n) is 6.96. The first-order chi connectivity index (χ1) is 10.5. The first kappa shape index (κ1) is 14.9. The minimum atomic E-state index is -2.69. The van der Waals surface area contributed by atoms with Crippen molar-refractivity contribution in [3.05, 3.63) is 59.7 Å². The lowest BCUT2D eigenvalue weighted by atomic mass is 10.1. The topological polar surface area (TPSA) is 86.8 Å². The molecule has 0 spiro atoms. The number of carbonyl (C=O) groups excluding carboxylic acids is 1. The van der Waals surface area contributed by atoms with E-state index in [0.29, 0.717) is 29.3 Å². The molecule has 0 fully saturated rings. The number of fused-ring (bicyclic) bond motifs is 1. The molecule has 5 nitrogen and oxygen atoms in total. The highest BCUT2D eigenvalue weighted by Crippen LogP contribution is 2.54. The number of carbonyl (C=O) groups is 1. The second-order valence-electron chi connectivity index (χ2n) is 5.32. The number of rotatable bonds is 3. The lowest BCUT2D eigenvalue weighted by Gasteiger charge is -2.43. The summed E-state index contributed by atoms with van der Waals surface area (Å²) in [6.45, 7) is 1.22. The maximum atomic E-state index is 11.1. The van der Waals surface area contributed by atoms with Crippen LogP contribution in [0.5, 0.6) is 0 Å². The Labute approximate surface area is 130 Å². The van der Waals surface area contributed by atoms with Crippen molar-refractivity contribution in [2.75, 3.05) is 17.2 Å². The summed E-state index contributed by atoms with van der Waals surface area (Å²) in [5.41, 5.74) is 7.62. The third-order valence-corrected chi connectivity index (χ3v) is 5.62. The van der Waals surface area contributed by atoms with Gasteiger partial charge >= 0.3 is 0 Å². The van der Waals surface area contributed by atoms with Crippen molar-refractivity contribution in [1.82, 2.24) is 0 Å². The zero-order valence-electron chi connectivity index (χ0n) is 12.0. The van der Waals surface area contributed by atoms with Gasteiger partial charge in [-0.05, 0) is 29.8 Å². The molecule has 2 aromatic carbocycles. The number of nitrogens with zero attached hydrogens (tertiary/aromatic N) is 1. The summed E-state index contributed by atoms with van der Waals surface area (Å²) < 4.78 is 20.3. The summed E-state index contributed by atoms with van der Waals surface area (Å²) in [5.74, 6) is -0.104. The Morgan fingerprint density at radius 2 is 1.82 bits per heavy atom. The molecule has 1 heterocycles. The van der Waals surface area contributed by atoms with Gasteiger partial charge in [0.25, 0.3) is 0 Å². The second kappa shape index (κ2) is 5.64. The molecule has 0 radical (unpaired) electrons. The number of anilines is 1. The predicted molar refractivity (Wildman–Crippen MR) is 88.4 cm³/mol. The van der Waals surface area contributed by atoms with E-state index >= 15 is 0 Å². The van der Waals surface area contributed by atoms with Crippen LogP contribution in [0.15, 0.2) is 53.4 Å². The van der Waals surface area contributed by atoms with Crippen LogP contribution in [0.3, 0.4) is 0 Å². The molecule has 1 aliphatic heterocycles. The Morgan fingerprint density at radius 1 is 1.14 bits per heavy atom. The lowest BCUT2D eigenvalue weighted by molar-refractivity contribution is 0.100. The van der Waals surface area contributed by atoms with E-state index in [1.54, 1.807) is 18.2 Å². The van der Waals surface area contributed by atoms with Crippen molar-refractivity contribution in [3.63, 3.8) is 0 Å². The number of amides is 1. The highest BCUT2D eigenvalue weighted by Gasteiger charge is 2.28. The van der Waals surface area contributed by atoms with Gasteiger partial charge in [0.05, 0.1) is 16.3 Å². The quantitative estimate of drug-likeness (QED) is 0.812. The molecule has 22 heavy (non-hydrogen) atoms. The molecule has 0 unspecified atom stereocenters. The van der Waals surface area contributed by atoms with Crippen molar-refractivity contribution in [1.29, 1.82) is 0 Å². The van der Waals surface area contributed by atoms with Crippen LogP contribution in [0.1, 0.15) is 15.9 Å². The first-order valence-corrected chi connectivity index (χ1v) is 8.67. The normalized spacial score (nSPS) is 17.6. The Bertz CT molecular complexity index is 701. The minimum Gasteiger partial charge on any atom is -0.366 e. The van der Waals surface area contributed by atoms with Gasteiger partial charge in [0, 0.05) is 18.7 Å². The molecule has 116 valence electrons. The molecular formula is C16H18N2O3S. The summed E-state index contributed by atoms with van der Waals surface area (Å²) >= 11 is 0. The van der Waals surface area contributed by atoms with Crippen molar-refractivity contribution >= 4 is 22.2 Å². The number of hydrogen-bond donors (Lipinski definition) is 3. The Kier molecular flexibility index (Phi) is 3.82. The zero-order valence-corrected chi connectivity index (χ0v) is 12.8. The molecule has 0 aromatic heterocycles. The maximum Gasteiger partial charge on any atom is 0.248 e. The largest absolute Gasteiger partial charge is 0.366 e. The fourth-order valence-electron chi connectivity index (χ4n) is 2.62. The van der Waals surface area contributed by atoms with Gasteiger partial charge in [-0.3, -0.25) is 13.9 Å². The predicted octanol–water partition coefficient (Wildman–Crippen LogP) is 2.92.